The lowest BCUT2D eigenvalue weighted by molar-refractivity contribution is -0.870. The topological polar surface area (TPSA) is 108 Å². The molecule has 2 unspecified atom stereocenters. The number of esters is 2. The van der Waals surface area contributed by atoms with Gasteiger partial charge in [-0.25, -0.2) is 4.79 Å². The fraction of sp³-hybridized carbons (Fsp3) is 0.616. The Hall–Kier alpha value is -5.61. The van der Waals surface area contributed by atoms with Crippen LogP contribution in [0, 0.1) is 0 Å². The van der Waals surface area contributed by atoms with Crippen molar-refractivity contribution in [1.82, 2.24) is 0 Å². The SMILES string of the molecule is CC/C=C\C/C=C\C/C=C\C/C=C\C/C=C\C/C=C\C/C=C\C/C=C\C/C=C\CCCCCCCCCCCCCCCC(=O)OC(COC(=O)CCCCCCCCCCCC/C=C\C/C=C\C/C=C\C/C=C\C/C=C\C/C=C\CC)COC(OCC[N+](C)(C)C)C(=O)O. The Morgan fingerprint density at radius 1 is 0.316 bits per heavy atom. The Bertz CT molecular complexity index is 2220. The summed E-state index contributed by atoms with van der Waals surface area (Å²) in [5.41, 5.74) is 0. The van der Waals surface area contributed by atoms with E-state index in [9.17, 15) is 19.5 Å². The number of ether oxygens (including phenoxy) is 4. The van der Waals surface area contributed by atoms with Gasteiger partial charge in [0.1, 0.15) is 13.2 Å². The van der Waals surface area contributed by atoms with E-state index in [1.807, 2.05) is 21.1 Å². The highest BCUT2D eigenvalue weighted by molar-refractivity contribution is 5.71. The van der Waals surface area contributed by atoms with Crippen molar-refractivity contribution in [3.8, 4) is 0 Å². The van der Waals surface area contributed by atoms with E-state index in [2.05, 4.69) is 196 Å². The lowest BCUT2D eigenvalue weighted by atomic mass is 10.0. The quantitative estimate of drug-likeness (QED) is 0.0211. The average Bonchev–Trinajstić information content (AvgIpc) is 3.54. The molecule has 0 spiro atoms. The number of aliphatic carboxylic acids is 1. The third-order valence-electron chi connectivity index (χ3n) is 15.7. The van der Waals surface area contributed by atoms with Crippen molar-refractivity contribution in [3.63, 3.8) is 0 Å². The standard InChI is InChI=1S/C86H139NO8/c1-6-8-10-12-14-16-18-20-22-24-26-28-30-32-34-36-37-38-39-40-41-42-43-44-45-46-47-49-51-53-55-57-59-61-63-65-67-69-71-73-75-77-84(89)95-82(81-94-86(85(90)91)92-79-78-87(3,4)5)80-93-83(88)76-74-72-70-68-66-64-62-60-58-56-54-52-50-48-35-33-31-29-27-25-23-21-19-17-15-13-11-9-7-2/h8-11,14-17,20-23,26-29,32-35,37-38,40-41,43-44,46-47,50,52,82,86H,6-7,12-13,18-19,24-25,30-31,36,39,42,45,48-49,51,53-81H2,1-5H3/p+1/b10-8-,11-9-,16-14-,17-15-,22-20-,23-21-,28-26-,29-27-,34-32-,35-33-,38-37-,41-40-,44-43-,47-46-,52-50-. The lowest BCUT2D eigenvalue weighted by Crippen LogP contribution is -2.40. The zero-order valence-corrected chi connectivity index (χ0v) is 61.3. The van der Waals surface area contributed by atoms with Gasteiger partial charge in [0.25, 0.3) is 6.29 Å². The van der Waals surface area contributed by atoms with Crippen molar-refractivity contribution in [1.29, 1.82) is 0 Å². The van der Waals surface area contributed by atoms with Gasteiger partial charge in [-0.05, 0) is 135 Å². The molecule has 0 aromatic rings. The Balaban J connectivity index is 4.13. The Morgan fingerprint density at radius 3 is 0.842 bits per heavy atom. The largest absolute Gasteiger partial charge is 0.477 e. The number of carbonyl (C=O) groups excluding carboxylic acids is 2. The van der Waals surface area contributed by atoms with Crippen LogP contribution in [0.25, 0.3) is 0 Å². The summed E-state index contributed by atoms with van der Waals surface area (Å²) in [5.74, 6) is -2.02. The Labute approximate surface area is 583 Å². The van der Waals surface area contributed by atoms with Crippen molar-refractivity contribution in [2.75, 3.05) is 47.5 Å². The van der Waals surface area contributed by atoms with E-state index in [4.69, 9.17) is 18.9 Å². The van der Waals surface area contributed by atoms with Gasteiger partial charge in [0, 0.05) is 12.8 Å². The van der Waals surface area contributed by atoms with E-state index in [0.29, 0.717) is 17.4 Å². The Morgan fingerprint density at radius 2 is 0.568 bits per heavy atom. The molecule has 0 bridgehead atoms. The molecule has 0 aliphatic rings. The number of hydrogen-bond donors (Lipinski definition) is 1. The number of quaternary nitrogens is 1. The smallest absolute Gasteiger partial charge is 0.361 e. The number of nitrogens with zero attached hydrogens (tertiary/aromatic N) is 1. The van der Waals surface area contributed by atoms with Gasteiger partial charge in [0.15, 0.2) is 6.10 Å². The van der Waals surface area contributed by atoms with Gasteiger partial charge in [0.05, 0.1) is 34.4 Å². The number of likely N-dealkylation sites (N-methyl/N-ethyl adjacent to an activating group) is 1. The molecule has 9 nitrogen and oxygen atoms in total. The number of allylic oxidation sites excluding steroid dienone is 30. The van der Waals surface area contributed by atoms with Gasteiger partial charge in [0.2, 0.25) is 0 Å². The predicted molar refractivity (Wildman–Crippen MR) is 409 cm³/mol. The van der Waals surface area contributed by atoms with Crippen LogP contribution in [0.3, 0.4) is 0 Å². The van der Waals surface area contributed by atoms with E-state index in [1.54, 1.807) is 0 Å². The molecule has 1 N–H and O–H groups in total. The molecule has 0 saturated carbocycles. The summed E-state index contributed by atoms with van der Waals surface area (Å²) in [6.07, 6.45) is 110. The molecular formula is C86H140NO8+. The summed E-state index contributed by atoms with van der Waals surface area (Å²) in [6.45, 7) is 4.64. The average molecular weight is 1320 g/mol. The summed E-state index contributed by atoms with van der Waals surface area (Å²) in [6, 6.07) is 0. The van der Waals surface area contributed by atoms with Crippen molar-refractivity contribution in [2.24, 2.45) is 0 Å². The van der Waals surface area contributed by atoms with Crippen molar-refractivity contribution in [2.45, 2.75) is 296 Å². The second kappa shape index (κ2) is 74.2. The highest BCUT2D eigenvalue weighted by atomic mass is 16.7. The van der Waals surface area contributed by atoms with Crippen LogP contribution in [0.15, 0.2) is 182 Å². The molecule has 0 aromatic heterocycles. The van der Waals surface area contributed by atoms with Gasteiger partial charge in [-0.3, -0.25) is 9.59 Å². The molecule has 2 atom stereocenters. The summed E-state index contributed by atoms with van der Waals surface area (Å²) in [5, 5.41) is 9.77. The zero-order valence-electron chi connectivity index (χ0n) is 61.3. The number of carboxylic acid groups (broad SMARTS) is 1. The monoisotopic (exact) mass is 1320 g/mol. The molecule has 0 aliphatic carbocycles. The van der Waals surface area contributed by atoms with Crippen LogP contribution < -0.4 is 0 Å². The van der Waals surface area contributed by atoms with Crippen LogP contribution in [0.5, 0.6) is 0 Å². The van der Waals surface area contributed by atoms with E-state index < -0.39 is 24.3 Å². The number of hydrogen-bond acceptors (Lipinski definition) is 7. The van der Waals surface area contributed by atoms with E-state index in [1.165, 1.54) is 103 Å². The van der Waals surface area contributed by atoms with Crippen LogP contribution in [-0.4, -0.2) is 87.4 Å². The first-order valence-electron chi connectivity index (χ1n) is 37.9. The fourth-order valence-electron chi connectivity index (χ4n) is 9.95. The molecule has 0 aliphatic heterocycles. The van der Waals surface area contributed by atoms with E-state index >= 15 is 0 Å². The molecule has 0 saturated heterocycles. The molecular weight excluding hydrogens is 1170 g/mol. The Kier molecular flexibility index (Phi) is 69.8. The van der Waals surface area contributed by atoms with Crippen LogP contribution in [0.2, 0.25) is 0 Å². The van der Waals surface area contributed by atoms with Gasteiger partial charge in [-0.1, -0.05) is 318 Å². The van der Waals surface area contributed by atoms with Crippen molar-refractivity contribution in [3.05, 3.63) is 182 Å². The minimum Gasteiger partial charge on any atom is -0.477 e. The minimum absolute atomic E-state index is 0.179. The molecule has 95 heavy (non-hydrogen) atoms. The highest BCUT2D eigenvalue weighted by Crippen LogP contribution is 2.17. The second-order valence-corrected chi connectivity index (χ2v) is 25.8. The fourth-order valence-corrected chi connectivity index (χ4v) is 9.95. The predicted octanol–water partition coefficient (Wildman–Crippen LogP) is 24.4. The van der Waals surface area contributed by atoms with Crippen LogP contribution in [-0.2, 0) is 33.3 Å². The van der Waals surface area contributed by atoms with Crippen molar-refractivity contribution >= 4 is 17.9 Å². The maximum Gasteiger partial charge on any atom is 0.361 e. The first-order chi connectivity index (χ1) is 46.6. The number of carbonyl (C=O) groups is 3. The lowest BCUT2D eigenvalue weighted by Gasteiger charge is -2.25. The summed E-state index contributed by atoms with van der Waals surface area (Å²) in [4.78, 5) is 37.7. The summed E-state index contributed by atoms with van der Waals surface area (Å²) >= 11 is 0. The molecule has 0 fully saturated rings. The van der Waals surface area contributed by atoms with Crippen LogP contribution in [0.1, 0.15) is 284 Å². The maximum absolute atomic E-state index is 13.0. The third-order valence-corrected chi connectivity index (χ3v) is 15.7. The molecule has 0 aromatic carbocycles. The summed E-state index contributed by atoms with van der Waals surface area (Å²) in [7, 11) is 5.97. The van der Waals surface area contributed by atoms with Crippen LogP contribution in [0.4, 0.5) is 0 Å². The molecule has 0 radical (unpaired) electrons. The van der Waals surface area contributed by atoms with E-state index in [-0.39, 0.29) is 38.6 Å². The first kappa shape index (κ1) is 89.4. The van der Waals surface area contributed by atoms with Crippen LogP contribution >= 0.6 is 0 Å². The number of rotatable bonds is 68. The molecule has 9 heteroatoms. The molecule has 0 amide bonds. The highest BCUT2D eigenvalue weighted by Gasteiger charge is 2.25. The van der Waals surface area contributed by atoms with Gasteiger partial charge >= 0.3 is 17.9 Å². The normalized spacial score (nSPS) is 13.7. The van der Waals surface area contributed by atoms with E-state index in [0.717, 1.165) is 148 Å². The van der Waals surface area contributed by atoms with Gasteiger partial charge < -0.3 is 28.5 Å². The molecule has 536 valence electrons. The number of carboxylic acids is 1. The van der Waals surface area contributed by atoms with Gasteiger partial charge in [-0.15, -0.1) is 0 Å². The summed E-state index contributed by atoms with van der Waals surface area (Å²) < 4.78 is 23.0. The third kappa shape index (κ3) is 75.6. The van der Waals surface area contributed by atoms with Crippen molar-refractivity contribution < 1.29 is 42.9 Å². The molecule has 0 rings (SSSR count). The maximum atomic E-state index is 13.0. The zero-order chi connectivity index (χ0) is 69.0. The number of unbranched alkanes of at least 4 members (excludes halogenated alkanes) is 23. The second-order valence-electron chi connectivity index (χ2n) is 25.8. The minimum atomic E-state index is -1.52. The van der Waals surface area contributed by atoms with Gasteiger partial charge in [-0.2, -0.15) is 0 Å². The molecule has 0 heterocycles. The first-order valence-corrected chi connectivity index (χ1v) is 37.9.